The Bertz CT molecular complexity index is 370. The Morgan fingerprint density at radius 1 is 1.37 bits per heavy atom. The van der Waals surface area contributed by atoms with Crippen LogP contribution in [0.4, 0.5) is 5.69 Å². The molecule has 1 aromatic carbocycles. The van der Waals surface area contributed by atoms with Gasteiger partial charge in [0.05, 0.1) is 18.8 Å². The Labute approximate surface area is 114 Å². The normalized spacial score (nSPS) is 13.8. The second-order valence-corrected chi connectivity index (χ2v) is 4.43. The zero-order chi connectivity index (χ0) is 14.1. The second-order valence-electron chi connectivity index (χ2n) is 4.43. The van der Waals surface area contributed by atoms with Crippen LogP contribution in [-0.2, 0) is 9.53 Å². The molecule has 0 bridgehead atoms. The molecule has 1 aromatic rings. The smallest absolute Gasteiger partial charge is 0.241 e. The van der Waals surface area contributed by atoms with E-state index in [4.69, 9.17) is 4.74 Å². The predicted molar refractivity (Wildman–Crippen MR) is 75.0 cm³/mol. The standard InChI is InChI=1S/C14H22N2O3/c1-11(15-9-8-13(17)10-19-2)14(18)16-12-6-4-3-5-7-12/h3-7,11,13,15,17H,8-10H2,1-2H3,(H,16,18). The lowest BCUT2D eigenvalue weighted by Gasteiger charge is -2.15. The maximum absolute atomic E-state index is 11.9. The van der Waals surface area contributed by atoms with Crippen molar-refractivity contribution in [2.45, 2.75) is 25.5 Å². The highest BCUT2D eigenvalue weighted by Crippen LogP contribution is 2.05. The molecule has 0 saturated heterocycles. The molecule has 0 radical (unpaired) electrons. The Morgan fingerprint density at radius 2 is 2.05 bits per heavy atom. The number of ether oxygens (including phenoxy) is 1. The van der Waals surface area contributed by atoms with Gasteiger partial charge in [-0.2, -0.15) is 0 Å². The fourth-order valence-corrected chi connectivity index (χ4v) is 1.61. The summed E-state index contributed by atoms with van der Waals surface area (Å²) < 4.78 is 4.83. The number of carbonyl (C=O) groups excluding carboxylic acids is 1. The Hall–Kier alpha value is -1.43. The van der Waals surface area contributed by atoms with Gasteiger partial charge in [0.25, 0.3) is 0 Å². The summed E-state index contributed by atoms with van der Waals surface area (Å²) in [6, 6.07) is 9.01. The van der Waals surface area contributed by atoms with Crippen LogP contribution in [0.3, 0.4) is 0 Å². The van der Waals surface area contributed by atoms with Crippen LogP contribution in [0.2, 0.25) is 0 Å². The number of benzene rings is 1. The van der Waals surface area contributed by atoms with Crippen molar-refractivity contribution in [3.8, 4) is 0 Å². The van der Waals surface area contributed by atoms with E-state index in [2.05, 4.69) is 10.6 Å². The van der Waals surface area contributed by atoms with Gasteiger partial charge in [-0.1, -0.05) is 18.2 Å². The van der Waals surface area contributed by atoms with Gasteiger partial charge in [0.15, 0.2) is 0 Å². The van der Waals surface area contributed by atoms with Crippen LogP contribution in [0.5, 0.6) is 0 Å². The summed E-state index contributed by atoms with van der Waals surface area (Å²) in [5, 5.41) is 15.4. The van der Waals surface area contributed by atoms with Crippen molar-refractivity contribution < 1.29 is 14.6 Å². The quantitative estimate of drug-likeness (QED) is 0.656. The zero-order valence-corrected chi connectivity index (χ0v) is 11.4. The fourth-order valence-electron chi connectivity index (χ4n) is 1.61. The lowest BCUT2D eigenvalue weighted by atomic mass is 10.2. The number of amides is 1. The van der Waals surface area contributed by atoms with Crippen molar-refractivity contribution in [1.82, 2.24) is 5.32 Å². The molecular formula is C14H22N2O3. The molecule has 1 rings (SSSR count). The molecule has 5 nitrogen and oxygen atoms in total. The van der Waals surface area contributed by atoms with Crippen LogP contribution in [0.15, 0.2) is 30.3 Å². The molecule has 1 amide bonds. The predicted octanol–water partition coefficient (Wildman–Crippen LogP) is 1.00. The van der Waals surface area contributed by atoms with E-state index in [0.717, 1.165) is 5.69 Å². The van der Waals surface area contributed by atoms with Crippen molar-refractivity contribution in [2.75, 3.05) is 25.6 Å². The van der Waals surface area contributed by atoms with Gasteiger partial charge in [-0.25, -0.2) is 0 Å². The number of rotatable bonds is 8. The average Bonchev–Trinajstić information content (AvgIpc) is 2.40. The highest BCUT2D eigenvalue weighted by atomic mass is 16.5. The van der Waals surface area contributed by atoms with E-state index >= 15 is 0 Å². The van der Waals surface area contributed by atoms with Crippen molar-refractivity contribution in [2.24, 2.45) is 0 Å². The minimum absolute atomic E-state index is 0.0903. The molecule has 0 aliphatic rings. The first-order chi connectivity index (χ1) is 9.13. The SMILES string of the molecule is COCC(O)CCNC(C)C(=O)Nc1ccccc1. The molecule has 0 heterocycles. The molecule has 0 spiro atoms. The molecule has 0 aliphatic carbocycles. The van der Waals surface area contributed by atoms with E-state index < -0.39 is 6.10 Å². The number of carbonyl (C=O) groups is 1. The molecule has 106 valence electrons. The summed E-state index contributed by atoms with van der Waals surface area (Å²) in [5.74, 6) is -0.0903. The lowest BCUT2D eigenvalue weighted by Crippen LogP contribution is -2.39. The summed E-state index contributed by atoms with van der Waals surface area (Å²) in [4.78, 5) is 11.9. The van der Waals surface area contributed by atoms with E-state index in [0.29, 0.717) is 19.6 Å². The van der Waals surface area contributed by atoms with Gasteiger partial charge in [-0.3, -0.25) is 4.79 Å². The number of anilines is 1. The van der Waals surface area contributed by atoms with E-state index in [1.165, 1.54) is 0 Å². The minimum Gasteiger partial charge on any atom is -0.391 e. The Morgan fingerprint density at radius 3 is 2.68 bits per heavy atom. The molecule has 2 unspecified atom stereocenters. The highest BCUT2D eigenvalue weighted by Gasteiger charge is 2.12. The zero-order valence-electron chi connectivity index (χ0n) is 11.4. The van der Waals surface area contributed by atoms with Crippen LogP contribution < -0.4 is 10.6 Å². The first-order valence-electron chi connectivity index (χ1n) is 6.39. The number of aliphatic hydroxyl groups is 1. The van der Waals surface area contributed by atoms with Crippen molar-refractivity contribution in [3.05, 3.63) is 30.3 Å². The Kier molecular flexibility index (Phi) is 7.10. The maximum Gasteiger partial charge on any atom is 0.241 e. The molecule has 19 heavy (non-hydrogen) atoms. The Balaban J connectivity index is 2.25. The van der Waals surface area contributed by atoms with Crippen LogP contribution in [0, 0.1) is 0 Å². The second kappa shape index (κ2) is 8.63. The third-order valence-electron chi connectivity index (χ3n) is 2.72. The van der Waals surface area contributed by atoms with Crippen molar-refractivity contribution >= 4 is 11.6 Å². The summed E-state index contributed by atoms with van der Waals surface area (Å²) >= 11 is 0. The number of hydrogen-bond acceptors (Lipinski definition) is 4. The first kappa shape index (κ1) is 15.6. The van der Waals surface area contributed by atoms with Gasteiger partial charge in [-0.15, -0.1) is 0 Å². The molecule has 5 heteroatoms. The third-order valence-corrected chi connectivity index (χ3v) is 2.72. The topological polar surface area (TPSA) is 70.6 Å². The monoisotopic (exact) mass is 266 g/mol. The average molecular weight is 266 g/mol. The van der Waals surface area contributed by atoms with E-state index in [9.17, 15) is 9.90 Å². The number of aliphatic hydroxyl groups excluding tert-OH is 1. The van der Waals surface area contributed by atoms with Crippen molar-refractivity contribution in [1.29, 1.82) is 0 Å². The number of nitrogens with one attached hydrogen (secondary N) is 2. The molecule has 0 aromatic heterocycles. The van der Waals surface area contributed by atoms with Crippen LogP contribution in [-0.4, -0.2) is 43.4 Å². The van der Waals surface area contributed by atoms with Gasteiger partial charge in [0.1, 0.15) is 0 Å². The summed E-state index contributed by atoms with van der Waals surface area (Å²) in [5.41, 5.74) is 0.778. The largest absolute Gasteiger partial charge is 0.391 e. The number of hydrogen-bond donors (Lipinski definition) is 3. The summed E-state index contributed by atoms with van der Waals surface area (Å²) in [7, 11) is 1.55. The molecule has 0 aliphatic heterocycles. The molecule has 0 fully saturated rings. The lowest BCUT2D eigenvalue weighted by molar-refractivity contribution is -0.117. The number of methoxy groups -OCH3 is 1. The van der Waals surface area contributed by atoms with E-state index in [1.807, 2.05) is 30.3 Å². The van der Waals surface area contributed by atoms with Gasteiger partial charge in [0.2, 0.25) is 5.91 Å². The number of para-hydroxylation sites is 1. The van der Waals surface area contributed by atoms with Crippen molar-refractivity contribution in [3.63, 3.8) is 0 Å². The van der Waals surface area contributed by atoms with Crippen LogP contribution in [0.25, 0.3) is 0 Å². The minimum atomic E-state index is -0.498. The van der Waals surface area contributed by atoms with Gasteiger partial charge < -0.3 is 20.5 Å². The molecule has 2 atom stereocenters. The van der Waals surface area contributed by atoms with E-state index in [1.54, 1.807) is 14.0 Å². The van der Waals surface area contributed by atoms with Gasteiger partial charge in [-0.05, 0) is 32.0 Å². The molecule has 0 saturated carbocycles. The third kappa shape index (κ3) is 6.33. The maximum atomic E-state index is 11.9. The summed E-state index contributed by atoms with van der Waals surface area (Å²) in [6.07, 6.45) is 0.0541. The molecule has 3 N–H and O–H groups in total. The fraction of sp³-hybridized carbons (Fsp3) is 0.500. The molecular weight excluding hydrogens is 244 g/mol. The van der Waals surface area contributed by atoms with E-state index in [-0.39, 0.29) is 11.9 Å². The summed E-state index contributed by atoms with van der Waals surface area (Å²) in [6.45, 7) is 2.67. The van der Waals surface area contributed by atoms with Crippen LogP contribution in [0.1, 0.15) is 13.3 Å². The van der Waals surface area contributed by atoms with Gasteiger partial charge in [0, 0.05) is 12.8 Å². The highest BCUT2D eigenvalue weighted by molar-refractivity contribution is 5.94. The first-order valence-corrected chi connectivity index (χ1v) is 6.39. The van der Waals surface area contributed by atoms with Gasteiger partial charge >= 0.3 is 0 Å². The van der Waals surface area contributed by atoms with Crippen LogP contribution >= 0.6 is 0 Å².